The van der Waals surface area contributed by atoms with E-state index in [0.717, 1.165) is 0 Å². The number of rotatable bonds is 7. The molecular formula is C23H18N2O6. The minimum atomic E-state index is -0.887. The highest BCUT2D eigenvalue weighted by atomic mass is 16.6. The van der Waals surface area contributed by atoms with Gasteiger partial charge in [0.15, 0.2) is 11.5 Å². The summed E-state index contributed by atoms with van der Waals surface area (Å²) in [7, 11) is 4.01. The van der Waals surface area contributed by atoms with E-state index in [1.54, 1.807) is 30.3 Å². The first kappa shape index (κ1) is 22.7. The molecule has 31 heavy (non-hydrogen) atoms. The normalized spacial score (nSPS) is 11.0. The SMILES string of the molecule is COC(=O)/C(C#N)=C/c1ccc(OC(=O)/C(C#N)=C/c2ccccc2OC)c(OC)c1. The van der Waals surface area contributed by atoms with Crippen LogP contribution in [0.25, 0.3) is 12.2 Å². The molecule has 0 fully saturated rings. The summed E-state index contributed by atoms with van der Waals surface area (Å²) in [5.41, 5.74) is 0.537. The molecule has 0 spiro atoms. The lowest BCUT2D eigenvalue weighted by atomic mass is 10.1. The number of esters is 2. The first-order valence-electron chi connectivity index (χ1n) is 8.82. The summed E-state index contributed by atoms with van der Waals surface area (Å²) in [5.74, 6) is -0.948. The molecule has 8 heteroatoms. The summed E-state index contributed by atoms with van der Waals surface area (Å²) >= 11 is 0. The summed E-state index contributed by atoms with van der Waals surface area (Å²) in [6.07, 6.45) is 2.67. The molecule has 0 bridgehead atoms. The maximum absolute atomic E-state index is 12.5. The van der Waals surface area contributed by atoms with E-state index in [-0.39, 0.29) is 22.6 Å². The molecular weight excluding hydrogens is 400 g/mol. The molecule has 0 aromatic heterocycles. The Balaban J connectivity index is 2.33. The fourth-order valence-corrected chi connectivity index (χ4v) is 2.50. The molecule has 0 amide bonds. The van der Waals surface area contributed by atoms with Gasteiger partial charge in [0.2, 0.25) is 0 Å². The Bertz CT molecular complexity index is 1140. The molecule has 0 aliphatic heterocycles. The van der Waals surface area contributed by atoms with Crippen molar-refractivity contribution >= 4 is 24.1 Å². The number of hydrogen-bond acceptors (Lipinski definition) is 8. The topological polar surface area (TPSA) is 119 Å². The van der Waals surface area contributed by atoms with Crippen LogP contribution in [0.3, 0.4) is 0 Å². The average molecular weight is 418 g/mol. The second-order valence-corrected chi connectivity index (χ2v) is 5.87. The van der Waals surface area contributed by atoms with Gasteiger partial charge in [-0.3, -0.25) is 0 Å². The van der Waals surface area contributed by atoms with Crippen molar-refractivity contribution < 1.29 is 28.5 Å². The van der Waals surface area contributed by atoms with Crippen LogP contribution in [0.1, 0.15) is 11.1 Å². The minimum absolute atomic E-state index is 0.0578. The van der Waals surface area contributed by atoms with E-state index in [1.807, 2.05) is 6.07 Å². The molecule has 0 saturated carbocycles. The Morgan fingerprint density at radius 1 is 0.806 bits per heavy atom. The molecule has 0 saturated heterocycles. The first-order chi connectivity index (χ1) is 15.0. The lowest BCUT2D eigenvalue weighted by Gasteiger charge is -2.10. The molecule has 0 N–H and O–H groups in total. The van der Waals surface area contributed by atoms with Crippen LogP contribution in [0.15, 0.2) is 53.6 Å². The van der Waals surface area contributed by atoms with Crippen LogP contribution >= 0.6 is 0 Å². The van der Waals surface area contributed by atoms with Crippen molar-refractivity contribution in [2.45, 2.75) is 0 Å². The number of hydrogen-bond donors (Lipinski definition) is 0. The Morgan fingerprint density at radius 3 is 2.06 bits per heavy atom. The van der Waals surface area contributed by atoms with E-state index < -0.39 is 11.9 Å². The van der Waals surface area contributed by atoms with Gasteiger partial charge in [0.05, 0.1) is 21.3 Å². The maximum atomic E-state index is 12.5. The van der Waals surface area contributed by atoms with Gasteiger partial charge < -0.3 is 18.9 Å². The molecule has 0 radical (unpaired) electrons. The number of ether oxygens (including phenoxy) is 4. The number of nitrogens with zero attached hydrogens (tertiary/aromatic N) is 2. The van der Waals surface area contributed by atoms with Crippen LogP contribution in [-0.2, 0) is 14.3 Å². The molecule has 0 atom stereocenters. The number of methoxy groups -OCH3 is 3. The summed E-state index contributed by atoms with van der Waals surface area (Å²) in [4.78, 5) is 24.1. The molecule has 2 aromatic carbocycles. The molecule has 2 rings (SSSR count). The fourth-order valence-electron chi connectivity index (χ4n) is 2.50. The van der Waals surface area contributed by atoms with Crippen molar-refractivity contribution in [2.24, 2.45) is 0 Å². The molecule has 8 nitrogen and oxygen atoms in total. The Morgan fingerprint density at radius 2 is 1.45 bits per heavy atom. The third-order valence-electron chi connectivity index (χ3n) is 4.01. The van der Waals surface area contributed by atoms with Crippen molar-refractivity contribution in [3.8, 4) is 29.4 Å². The molecule has 0 aliphatic rings. The Kier molecular flexibility index (Phi) is 7.95. The number of carbonyl (C=O) groups is 2. The molecule has 0 aliphatic carbocycles. The standard InChI is InChI=1S/C23H18N2O6/c1-28-19-7-5-4-6-16(19)12-18(14-25)23(27)31-20-9-8-15(11-21(20)29-2)10-17(13-24)22(26)30-3/h4-12H,1-3H3/b17-10+,18-12+. The minimum Gasteiger partial charge on any atom is -0.496 e. The largest absolute Gasteiger partial charge is 0.496 e. The molecule has 156 valence electrons. The second kappa shape index (κ2) is 10.8. The van der Waals surface area contributed by atoms with Crippen molar-refractivity contribution in [1.82, 2.24) is 0 Å². The lowest BCUT2D eigenvalue weighted by molar-refractivity contribution is -0.135. The van der Waals surface area contributed by atoms with Gasteiger partial charge in [0.1, 0.15) is 29.0 Å². The van der Waals surface area contributed by atoms with E-state index in [9.17, 15) is 14.9 Å². The van der Waals surface area contributed by atoms with Crippen LogP contribution in [0, 0.1) is 22.7 Å². The first-order valence-corrected chi connectivity index (χ1v) is 8.82. The summed E-state index contributed by atoms with van der Waals surface area (Å²) in [5, 5.41) is 18.5. The van der Waals surface area contributed by atoms with Gasteiger partial charge in [-0.2, -0.15) is 10.5 Å². The maximum Gasteiger partial charge on any atom is 0.354 e. The second-order valence-electron chi connectivity index (χ2n) is 5.87. The van der Waals surface area contributed by atoms with Crippen LogP contribution in [0.4, 0.5) is 0 Å². The predicted molar refractivity (Wildman–Crippen MR) is 111 cm³/mol. The van der Waals surface area contributed by atoms with Gasteiger partial charge in [-0.1, -0.05) is 24.3 Å². The fraction of sp³-hybridized carbons (Fsp3) is 0.130. The molecule has 0 unspecified atom stereocenters. The zero-order valence-corrected chi connectivity index (χ0v) is 17.0. The number of nitriles is 2. The predicted octanol–water partition coefficient (Wildman–Crippen LogP) is 3.30. The smallest absolute Gasteiger partial charge is 0.354 e. The third-order valence-corrected chi connectivity index (χ3v) is 4.01. The van der Waals surface area contributed by atoms with Gasteiger partial charge in [0, 0.05) is 5.56 Å². The summed E-state index contributed by atoms with van der Waals surface area (Å²) < 4.78 is 20.3. The Hall–Kier alpha value is -4.56. The zero-order chi connectivity index (χ0) is 22.8. The summed E-state index contributed by atoms with van der Waals surface area (Å²) in [6.45, 7) is 0. The number of para-hydroxylation sites is 1. The highest BCUT2D eigenvalue weighted by molar-refractivity contribution is 6.00. The van der Waals surface area contributed by atoms with Gasteiger partial charge >= 0.3 is 11.9 Å². The number of benzene rings is 2. The molecule has 2 aromatic rings. The van der Waals surface area contributed by atoms with Crippen molar-refractivity contribution in [3.63, 3.8) is 0 Å². The number of carbonyl (C=O) groups excluding carboxylic acids is 2. The quantitative estimate of drug-likeness (QED) is 0.291. The van der Waals surface area contributed by atoms with E-state index in [0.29, 0.717) is 16.9 Å². The van der Waals surface area contributed by atoms with E-state index in [4.69, 9.17) is 19.5 Å². The highest BCUT2D eigenvalue weighted by Gasteiger charge is 2.17. The summed E-state index contributed by atoms with van der Waals surface area (Å²) in [6, 6.07) is 14.9. The molecule has 0 heterocycles. The van der Waals surface area contributed by atoms with E-state index in [1.165, 1.54) is 51.7 Å². The highest BCUT2D eigenvalue weighted by Crippen LogP contribution is 2.30. The van der Waals surface area contributed by atoms with Gasteiger partial charge in [-0.25, -0.2) is 9.59 Å². The van der Waals surface area contributed by atoms with Gasteiger partial charge in [-0.15, -0.1) is 0 Å². The third kappa shape index (κ3) is 5.72. The van der Waals surface area contributed by atoms with Crippen molar-refractivity contribution in [1.29, 1.82) is 10.5 Å². The van der Waals surface area contributed by atoms with E-state index >= 15 is 0 Å². The zero-order valence-electron chi connectivity index (χ0n) is 17.0. The van der Waals surface area contributed by atoms with Crippen LogP contribution in [0.5, 0.6) is 17.2 Å². The van der Waals surface area contributed by atoms with Crippen LogP contribution in [-0.4, -0.2) is 33.3 Å². The van der Waals surface area contributed by atoms with Gasteiger partial charge in [-0.05, 0) is 35.9 Å². The monoisotopic (exact) mass is 418 g/mol. The van der Waals surface area contributed by atoms with Crippen molar-refractivity contribution in [3.05, 3.63) is 64.7 Å². The Labute approximate surface area is 179 Å². The van der Waals surface area contributed by atoms with Crippen molar-refractivity contribution in [2.75, 3.05) is 21.3 Å². The lowest BCUT2D eigenvalue weighted by Crippen LogP contribution is -2.11. The van der Waals surface area contributed by atoms with E-state index in [2.05, 4.69) is 4.74 Å². The van der Waals surface area contributed by atoms with Crippen LogP contribution in [0.2, 0.25) is 0 Å². The average Bonchev–Trinajstić information content (AvgIpc) is 2.81. The van der Waals surface area contributed by atoms with Gasteiger partial charge in [0.25, 0.3) is 0 Å². The van der Waals surface area contributed by atoms with Crippen LogP contribution < -0.4 is 14.2 Å².